The van der Waals surface area contributed by atoms with E-state index in [1.165, 1.54) is 37.6 Å². The van der Waals surface area contributed by atoms with Crippen LogP contribution in [0.2, 0.25) is 0 Å². The van der Waals surface area contributed by atoms with E-state index in [1.54, 1.807) is 0 Å². The van der Waals surface area contributed by atoms with Crippen LogP contribution in [0.1, 0.15) is 0 Å². The third kappa shape index (κ3) is 2.46. The van der Waals surface area contributed by atoms with Crippen LogP contribution in [0.25, 0.3) is 32.7 Å². The summed E-state index contributed by atoms with van der Waals surface area (Å²) in [4.78, 5) is 1.34. The van der Waals surface area contributed by atoms with Gasteiger partial charge >= 0.3 is 0 Å². The van der Waals surface area contributed by atoms with E-state index < -0.39 is 0 Å². The van der Waals surface area contributed by atoms with Gasteiger partial charge in [-0.2, -0.15) is 0 Å². The summed E-state index contributed by atoms with van der Waals surface area (Å²) < 4.78 is 1.14. The van der Waals surface area contributed by atoms with Gasteiger partial charge in [0, 0.05) is 9.37 Å². The maximum Gasteiger partial charge on any atom is 0.0254 e. The van der Waals surface area contributed by atoms with Gasteiger partial charge in [0.05, 0.1) is 0 Å². The largest absolute Gasteiger partial charge is 0.128 e. The molecule has 0 radical (unpaired) electrons. The first-order valence-electron chi connectivity index (χ1n) is 7.53. The van der Waals surface area contributed by atoms with Crippen LogP contribution >= 0.6 is 27.7 Å². The Balaban J connectivity index is 2.09. The molecule has 0 spiro atoms. The van der Waals surface area contributed by atoms with E-state index in [1.807, 2.05) is 11.8 Å². The zero-order chi connectivity index (χ0) is 15.8. The van der Waals surface area contributed by atoms with Crippen molar-refractivity contribution in [3.8, 4) is 11.1 Å². The predicted octanol–water partition coefficient (Wildman–Crippen LogP) is 7.14. The molecule has 0 heterocycles. The lowest BCUT2D eigenvalue weighted by Crippen LogP contribution is -1.87. The summed E-state index contributed by atoms with van der Waals surface area (Å²) in [5.74, 6) is 0. The van der Waals surface area contributed by atoms with Crippen LogP contribution in [0.3, 0.4) is 0 Å². The second-order valence-electron chi connectivity index (χ2n) is 5.51. The number of hydrogen-bond acceptors (Lipinski definition) is 1. The van der Waals surface area contributed by atoms with Crippen LogP contribution in [-0.2, 0) is 0 Å². The van der Waals surface area contributed by atoms with Gasteiger partial charge in [-0.15, -0.1) is 11.8 Å². The lowest BCUT2D eigenvalue weighted by atomic mass is 9.96. The molecule has 23 heavy (non-hydrogen) atoms. The molecule has 0 aliphatic carbocycles. The summed E-state index contributed by atoms with van der Waals surface area (Å²) in [6, 6.07) is 26.0. The average Bonchev–Trinajstić information content (AvgIpc) is 2.61. The SMILES string of the molecule is CSc1c(-c2ccc(Br)c3ccccc23)ccc2ccccc12. The van der Waals surface area contributed by atoms with Crippen molar-refractivity contribution in [2.75, 3.05) is 6.26 Å². The van der Waals surface area contributed by atoms with Gasteiger partial charge in [-0.1, -0.05) is 82.7 Å². The normalized spacial score (nSPS) is 11.2. The molecule has 0 amide bonds. The first-order chi connectivity index (χ1) is 11.3. The fourth-order valence-corrected chi connectivity index (χ4v) is 4.45. The fraction of sp³-hybridized carbons (Fsp3) is 0.0476. The highest BCUT2D eigenvalue weighted by Gasteiger charge is 2.12. The Kier molecular flexibility index (Phi) is 3.88. The second-order valence-corrected chi connectivity index (χ2v) is 7.18. The monoisotopic (exact) mass is 378 g/mol. The number of fused-ring (bicyclic) bond motifs is 2. The summed E-state index contributed by atoms with van der Waals surface area (Å²) in [5, 5.41) is 5.16. The molecule has 4 aromatic carbocycles. The van der Waals surface area contributed by atoms with Crippen molar-refractivity contribution in [1.29, 1.82) is 0 Å². The molecule has 4 aromatic rings. The number of thioether (sulfide) groups is 1. The van der Waals surface area contributed by atoms with Gasteiger partial charge in [0.2, 0.25) is 0 Å². The quantitative estimate of drug-likeness (QED) is 0.334. The Hall–Kier alpha value is -1.77. The number of rotatable bonds is 2. The minimum absolute atomic E-state index is 1.14. The van der Waals surface area contributed by atoms with Crippen LogP contribution in [0.15, 0.2) is 82.2 Å². The number of hydrogen-bond donors (Lipinski definition) is 0. The topological polar surface area (TPSA) is 0 Å². The van der Waals surface area contributed by atoms with Gasteiger partial charge in [0.1, 0.15) is 0 Å². The molecule has 2 heteroatoms. The van der Waals surface area contributed by atoms with Crippen molar-refractivity contribution in [3.63, 3.8) is 0 Å². The molecule has 0 N–H and O–H groups in total. The Morgan fingerprint density at radius 1 is 0.652 bits per heavy atom. The average molecular weight is 379 g/mol. The zero-order valence-corrected chi connectivity index (χ0v) is 15.1. The lowest BCUT2D eigenvalue weighted by molar-refractivity contribution is 1.52. The molecule has 0 aromatic heterocycles. The zero-order valence-electron chi connectivity index (χ0n) is 12.7. The Bertz CT molecular complexity index is 1020. The molecule has 112 valence electrons. The van der Waals surface area contributed by atoms with Gasteiger partial charge < -0.3 is 0 Å². The molecule has 0 aliphatic rings. The minimum atomic E-state index is 1.14. The third-order valence-corrected chi connectivity index (χ3v) is 5.78. The van der Waals surface area contributed by atoms with Crippen LogP contribution in [-0.4, -0.2) is 6.26 Å². The lowest BCUT2D eigenvalue weighted by Gasteiger charge is -2.14. The van der Waals surface area contributed by atoms with Gasteiger partial charge in [-0.05, 0) is 45.0 Å². The van der Waals surface area contributed by atoms with E-state index in [0.717, 1.165) is 4.47 Å². The molecule has 0 aliphatic heterocycles. The van der Waals surface area contributed by atoms with Crippen LogP contribution in [0.5, 0.6) is 0 Å². The van der Waals surface area contributed by atoms with E-state index >= 15 is 0 Å². The standard InChI is InChI=1S/C21H15BrS/c1-23-21-15-7-3-2-6-14(15)10-11-19(21)17-12-13-20(22)18-9-5-4-8-16(17)18/h2-13H,1H3. The van der Waals surface area contributed by atoms with Crippen LogP contribution in [0.4, 0.5) is 0 Å². The van der Waals surface area contributed by atoms with Crippen molar-refractivity contribution < 1.29 is 0 Å². The fourth-order valence-electron chi connectivity index (χ4n) is 3.17. The molecular weight excluding hydrogens is 364 g/mol. The van der Waals surface area contributed by atoms with E-state index in [0.29, 0.717) is 0 Å². The predicted molar refractivity (Wildman–Crippen MR) is 106 cm³/mol. The maximum absolute atomic E-state index is 3.67. The van der Waals surface area contributed by atoms with Crippen molar-refractivity contribution in [2.45, 2.75) is 4.90 Å². The van der Waals surface area contributed by atoms with Gasteiger partial charge in [0.15, 0.2) is 0 Å². The van der Waals surface area contributed by atoms with E-state index in [9.17, 15) is 0 Å². The molecule has 0 nitrogen and oxygen atoms in total. The Morgan fingerprint density at radius 3 is 2.09 bits per heavy atom. The molecule has 0 fully saturated rings. The van der Waals surface area contributed by atoms with E-state index in [-0.39, 0.29) is 0 Å². The molecule has 0 unspecified atom stereocenters. The van der Waals surface area contributed by atoms with Crippen molar-refractivity contribution in [1.82, 2.24) is 0 Å². The van der Waals surface area contributed by atoms with Crippen LogP contribution in [0, 0.1) is 0 Å². The summed E-state index contributed by atoms with van der Waals surface area (Å²) in [7, 11) is 0. The van der Waals surface area contributed by atoms with E-state index in [4.69, 9.17) is 0 Å². The summed E-state index contributed by atoms with van der Waals surface area (Å²) in [5.41, 5.74) is 2.60. The third-order valence-electron chi connectivity index (χ3n) is 4.24. The van der Waals surface area contributed by atoms with E-state index in [2.05, 4.69) is 95.0 Å². The highest BCUT2D eigenvalue weighted by Crippen LogP contribution is 2.40. The number of benzene rings is 4. The molecule has 0 saturated carbocycles. The van der Waals surface area contributed by atoms with Gasteiger partial charge in [-0.25, -0.2) is 0 Å². The molecule has 4 rings (SSSR count). The summed E-state index contributed by atoms with van der Waals surface area (Å²) in [6.07, 6.45) is 2.16. The smallest absolute Gasteiger partial charge is 0.0254 e. The summed E-state index contributed by atoms with van der Waals surface area (Å²) in [6.45, 7) is 0. The Morgan fingerprint density at radius 2 is 1.30 bits per heavy atom. The summed E-state index contributed by atoms with van der Waals surface area (Å²) >= 11 is 5.49. The molecule has 0 atom stereocenters. The van der Waals surface area contributed by atoms with Crippen LogP contribution < -0.4 is 0 Å². The minimum Gasteiger partial charge on any atom is -0.128 e. The first-order valence-corrected chi connectivity index (χ1v) is 9.55. The maximum atomic E-state index is 3.67. The molecular formula is C21H15BrS. The molecule has 0 bridgehead atoms. The highest BCUT2D eigenvalue weighted by molar-refractivity contribution is 9.10. The van der Waals surface area contributed by atoms with Gasteiger partial charge in [0.25, 0.3) is 0 Å². The second kappa shape index (κ2) is 6.03. The highest BCUT2D eigenvalue weighted by atomic mass is 79.9. The van der Waals surface area contributed by atoms with Crippen molar-refractivity contribution in [2.24, 2.45) is 0 Å². The Labute approximate surface area is 148 Å². The molecule has 0 saturated heterocycles. The van der Waals surface area contributed by atoms with Gasteiger partial charge in [-0.3, -0.25) is 0 Å². The van der Waals surface area contributed by atoms with Crippen molar-refractivity contribution >= 4 is 49.2 Å². The first kappa shape index (κ1) is 14.8. The number of halogens is 1. The van der Waals surface area contributed by atoms with Crippen molar-refractivity contribution in [3.05, 3.63) is 77.3 Å².